The molecule has 142 valence electrons. The van der Waals surface area contributed by atoms with Crippen LogP contribution in [0, 0.1) is 17.2 Å². The molecule has 8 nitrogen and oxygen atoms in total. The van der Waals surface area contributed by atoms with Gasteiger partial charge in [-0.2, -0.15) is 5.26 Å². The fraction of sp³-hybridized carbons (Fsp3) is 0.579. The molecule has 0 radical (unpaired) electrons. The van der Waals surface area contributed by atoms with E-state index < -0.39 is 0 Å². The second kappa shape index (κ2) is 7.06. The summed E-state index contributed by atoms with van der Waals surface area (Å²) in [6.07, 6.45) is 7.29. The van der Waals surface area contributed by atoms with Crippen molar-refractivity contribution in [1.29, 1.82) is 5.26 Å². The number of hydrogen-bond acceptors (Lipinski definition) is 5. The van der Waals surface area contributed by atoms with Crippen molar-refractivity contribution in [3.63, 3.8) is 0 Å². The Morgan fingerprint density at radius 1 is 1.26 bits per heavy atom. The number of H-pyrrole nitrogens is 1. The lowest BCUT2D eigenvalue weighted by Gasteiger charge is -2.48. The summed E-state index contributed by atoms with van der Waals surface area (Å²) in [5.41, 5.74) is 1.69. The Balaban J connectivity index is 1.55. The lowest BCUT2D eigenvalue weighted by atomic mass is 9.77. The second-order valence-corrected chi connectivity index (χ2v) is 7.49. The van der Waals surface area contributed by atoms with Gasteiger partial charge in [0.2, 0.25) is 0 Å². The first-order valence-corrected chi connectivity index (χ1v) is 9.56. The molecule has 2 unspecified atom stereocenters. The normalized spacial score (nSPS) is 26.1. The van der Waals surface area contributed by atoms with Crippen LogP contribution in [-0.4, -0.2) is 75.8 Å². The van der Waals surface area contributed by atoms with E-state index in [-0.39, 0.29) is 29.3 Å². The molecule has 1 saturated heterocycles. The number of nitrogens with one attached hydrogen (secondary N) is 1. The number of piperazine rings is 1. The molecule has 27 heavy (non-hydrogen) atoms. The third-order valence-electron chi connectivity index (χ3n) is 6.12. The zero-order valence-corrected chi connectivity index (χ0v) is 15.5. The molecule has 2 atom stereocenters. The average Bonchev–Trinajstić information content (AvgIpc) is 3.25. The zero-order chi connectivity index (χ0) is 19.0. The van der Waals surface area contributed by atoms with Gasteiger partial charge in [-0.1, -0.05) is 12.8 Å². The number of imidazole rings is 1. The summed E-state index contributed by atoms with van der Waals surface area (Å²) in [6.45, 7) is 2.42. The van der Waals surface area contributed by atoms with E-state index in [4.69, 9.17) is 0 Å². The van der Waals surface area contributed by atoms with Crippen LogP contribution in [0.5, 0.6) is 0 Å². The molecule has 4 rings (SSSR count). The zero-order valence-electron chi connectivity index (χ0n) is 15.5. The Bertz CT molecular complexity index is 801. The van der Waals surface area contributed by atoms with E-state index in [1.54, 1.807) is 9.80 Å². The largest absolute Gasteiger partial charge is 0.370 e. The van der Waals surface area contributed by atoms with Crippen molar-refractivity contribution in [2.45, 2.75) is 31.7 Å². The molecule has 0 aromatic carbocycles. The van der Waals surface area contributed by atoms with Crippen LogP contribution < -0.4 is 0 Å². The highest BCUT2D eigenvalue weighted by molar-refractivity contribution is 5.99. The molecular weight excluding hydrogens is 344 g/mol. The van der Waals surface area contributed by atoms with Crippen LogP contribution in [0.2, 0.25) is 0 Å². The number of nitriles is 1. The fourth-order valence-corrected chi connectivity index (χ4v) is 4.71. The molecule has 1 aliphatic carbocycles. The Labute approximate surface area is 158 Å². The van der Waals surface area contributed by atoms with Crippen molar-refractivity contribution < 1.29 is 9.59 Å². The fourth-order valence-electron chi connectivity index (χ4n) is 4.71. The number of likely N-dealkylation sites (N-methyl/N-ethyl adjacent to an activating group) is 1. The molecule has 2 amide bonds. The number of carbonyl (C=O) groups is 2. The first-order chi connectivity index (χ1) is 13.1. The first-order valence-electron chi connectivity index (χ1n) is 9.56. The van der Waals surface area contributed by atoms with Crippen LogP contribution in [0.15, 0.2) is 23.8 Å². The summed E-state index contributed by atoms with van der Waals surface area (Å²) >= 11 is 0. The predicted molar refractivity (Wildman–Crippen MR) is 97.2 cm³/mol. The molecule has 1 aromatic heterocycles. The molecule has 2 fully saturated rings. The smallest absolute Gasteiger partial charge is 0.272 e. The van der Waals surface area contributed by atoms with E-state index >= 15 is 0 Å². The van der Waals surface area contributed by atoms with Crippen LogP contribution in [0.1, 0.15) is 36.2 Å². The third-order valence-corrected chi connectivity index (χ3v) is 6.12. The molecular formula is C19H24N6O2. The SMILES string of the molecule is CN1C(=O)C(C#N)=C(N2CCN(C(=O)c3cnc[nH]3)CC2)C2CCCCC21. The lowest BCUT2D eigenvalue weighted by Crippen LogP contribution is -2.55. The number of hydrogen-bond donors (Lipinski definition) is 1. The number of carbonyl (C=O) groups excluding carboxylic acids is 2. The van der Waals surface area contributed by atoms with Gasteiger partial charge < -0.3 is 19.7 Å². The van der Waals surface area contributed by atoms with Crippen molar-refractivity contribution >= 4 is 11.8 Å². The first kappa shape index (κ1) is 17.6. The van der Waals surface area contributed by atoms with E-state index in [2.05, 4.69) is 20.9 Å². The highest BCUT2D eigenvalue weighted by atomic mass is 16.2. The van der Waals surface area contributed by atoms with Crippen LogP contribution in [0.4, 0.5) is 0 Å². The van der Waals surface area contributed by atoms with Gasteiger partial charge in [-0.05, 0) is 12.8 Å². The van der Waals surface area contributed by atoms with Crippen molar-refractivity contribution in [1.82, 2.24) is 24.7 Å². The number of nitrogens with zero attached hydrogens (tertiary/aromatic N) is 5. The molecule has 1 aromatic rings. The predicted octanol–water partition coefficient (Wildman–Crippen LogP) is 0.976. The van der Waals surface area contributed by atoms with Gasteiger partial charge in [0.25, 0.3) is 11.8 Å². The summed E-state index contributed by atoms with van der Waals surface area (Å²) in [4.78, 5) is 37.7. The minimum absolute atomic E-state index is 0.0587. The molecule has 8 heteroatoms. The van der Waals surface area contributed by atoms with Gasteiger partial charge in [0.05, 0.1) is 12.5 Å². The summed E-state index contributed by atoms with van der Waals surface area (Å²) < 4.78 is 0. The van der Waals surface area contributed by atoms with Crippen LogP contribution in [0.3, 0.4) is 0 Å². The summed E-state index contributed by atoms with van der Waals surface area (Å²) in [5.74, 6) is 0.00853. The number of fused-ring (bicyclic) bond motifs is 1. The van der Waals surface area contributed by atoms with E-state index in [1.165, 1.54) is 12.5 Å². The Morgan fingerprint density at radius 2 is 2.00 bits per heavy atom. The van der Waals surface area contributed by atoms with Crippen LogP contribution in [0.25, 0.3) is 0 Å². The minimum Gasteiger partial charge on any atom is -0.370 e. The number of aromatic amines is 1. The Morgan fingerprint density at radius 3 is 2.67 bits per heavy atom. The van der Waals surface area contributed by atoms with Crippen molar-refractivity contribution in [3.8, 4) is 6.07 Å². The monoisotopic (exact) mass is 368 g/mol. The van der Waals surface area contributed by atoms with Gasteiger partial charge in [-0.25, -0.2) is 4.98 Å². The summed E-state index contributed by atoms with van der Waals surface area (Å²) in [5, 5.41) is 9.68. The second-order valence-electron chi connectivity index (χ2n) is 7.49. The molecule has 1 saturated carbocycles. The quantitative estimate of drug-likeness (QED) is 0.839. The molecule has 3 aliphatic rings. The van der Waals surface area contributed by atoms with E-state index in [1.807, 2.05) is 7.05 Å². The highest BCUT2D eigenvalue weighted by Gasteiger charge is 2.43. The van der Waals surface area contributed by atoms with Gasteiger partial charge in [-0.15, -0.1) is 0 Å². The van der Waals surface area contributed by atoms with Crippen molar-refractivity contribution in [2.24, 2.45) is 5.92 Å². The molecule has 0 bridgehead atoms. The minimum atomic E-state index is -0.161. The van der Waals surface area contributed by atoms with E-state index in [9.17, 15) is 14.9 Å². The molecule has 2 aliphatic heterocycles. The van der Waals surface area contributed by atoms with Gasteiger partial charge in [0.1, 0.15) is 17.3 Å². The number of aromatic nitrogens is 2. The lowest BCUT2D eigenvalue weighted by molar-refractivity contribution is -0.130. The highest BCUT2D eigenvalue weighted by Crippen LogP contribution is 2.40. The van der Waals surface area contributed by atoms with Gasteiger partial charge >= 0.3 is 0 Å². The third kappa shape index (κ3) is 2.97. The van der Waals surface area contributed by atoms with E-state index in [0.29, 0.717) is 31.9 Å². The van der Waals surface area contributed by atoms with Crippen molar-refractivity contribution in [3.05, 3.63) is 29.5 Å². The maximum absolute atomic E-state index is 12.7. The van der Waals surface area contributed by atoms with E-state index in [0.717, 1.165) is 31.4 Å². The Kier molecular flexibility index (Phi) is 4.60. The molecule has 3 heterocycles. The number of rotatable bonds is 2. The van der Waals surface area contributed by atoms with Gasteiger partial charge in [0.15, 0.2) is 0 Å². The topological polar surface area (TPSA) is 96.3 Å². The van der Waals surface area contributed by atoms with Crippen molar-refractivity contribution in [2.75, 3.05) is 33.2 Å². The summed E-state index contributed by atoms with van der Waals surface area (Å²) in [7, 11) is 1.82. The molecule has 1 N–H and O–H groups in total. The van der Waals surface area contributed by atoms with Crippen LogP contribution >= 0.6 is 0 Å². The maximum Gasteiger partial charge on any atom is 0.272 e. The maximum atomic E-state index is 12.7. The average molecular weight is 368 g/mol. The Hall–Kier alpha value is -2.82. The standard InChI is InChI=1S/C19H24N6O2/c1-23-16-5-3-2-4-13(16)17(14(10-20)18(23)26)24-6-8-25(9-7-24)19(27)15-11-21-12-22-15/h11-13,16H,2-9H2,1H3,(H,21,22). The van der Waals surface area contributed by atoms with Gasteiger partial charge in [-0.3, -0.25) is 9.59 Å². The molecule has 0 spiro atoms. The number of amides is 2. The van der Waals surface area contributed by atoms with Crippen LogP contribution in [-0.2, 0) is 4.79 Å². The van der Waals surface area contributed by atoms with Gasteiger partial charge in [0, 0.05) is 50.9 Å². The summed E-state index contributed by atoms with van der Waals surface area (Å²) in [6, 6.07) is 2.36.